The third kappa shape index (κ3) is 1.05. The van der Waals surface area contributed by atoms with Crippen LogP contribution in [0.2, 0.25) is 0 Å². The fourth-order valence-electron chi connectivity index (χ4n) is 0.795. The minimum atomic E-state index is -1.89. The van der Waals surface area contributed by atoms with Crippen LogP contribution in [-0.2, 0) is 0 Å². The van der Waals surface area contributed by atoms with E-state index in [4.69, 9.17) is 15.3 Å². The molecule has 3 heteroatoms. The summed E-state index contributed by atoms with van der Waals surface area (Å²) in [5, 5.41) is 27.2. The Bertz CT molecular complexity index is 191. The molecular weight excluding hydrogens is 132 g/mol. The molecule has 0 aliphatic heterocycles. The molecule has 0 saturated carbocycles. The predicted octanol–water partition coefficient (Wildman–Crippen LogP) is 0.315. The van der Waals surface area contributed by atoms with Crippen molar-refractivity contribution < 1.29 is 15.3 Å². The van der Waals surface area contributed by atoms with Gasteiger partial charge in [0.25, 0.3) is 0 Å². The first-order valence-electron chi connectivity index (χ1n) is 3.07. The summed E-state index contributed by atoms with van der Waals surface area (Å²) in [5.41, 5.74) is 0. The molecule has 0 radical (unpaired) electrons. The number of hydrogen-bond acceptors (Lipinski definition) is 3. The standard InChI is InChI=1S/C7H10O3/c1-5-6(8)3-2-4-7(5,9)10/h2-5,8-10H,1H3. The van der Waals surface area contributed by atoms with Crippen molar-refractivity contribution in [2.75, 3.05) is 0 Å². The largest absolute Gasteiger partial charge is 0.512 e. The van der Waals surface area contributed by atoms with Gasteiger partial charge in [0.15, 0.2) is 5.79 Å². The number of aliphatic hydroxyl groups excluding tert-OH is 1. The van der Waals surface area contributed by atoms with Crippen LogP contribution < -0.4 is 0 Å². The van der Waals surface area contributed by atoms with Crippen molar-refractivity contribution in [2.24, 2.45) is 5.92 Å². The number of rotatable bonds is 0. The van der Waals surface area contributed by atoms with Crippen LogP contribution in [0.1, 0.15) is 6.92 Å². The van der Waals surface area contributed by atoms with Gasteiger partial charge in [0.1, 0.15) is 5.76 Å². The van der Waals surface area contributed by atoms with Gasteiger partial charge in [-0.05, 0) is 19.1 Å². The fraction of sp³-hybridized carbons (Fsp3) is 0.429. The van der Waals surface area contributed by atoms with E-state index in [9.17, 15) is 0 Å². The van der Waals surface area contributed by atoms with E-state index in [0.29, 0.717) is 0 Å². The molecule has 3 N–H and O–H groups in total. The van der Waals surface area contributed by atoms with Crippen LogP contribution in [0.15, 0.2) is 24.0 Å². The highest BCUT2D eigenvalue weighted by Gasteiger charge is 2.32. The van der Waals surface area contributed by atoms with Gasteiger partial charge in [0.2, 0.25) is 0 Å². The van der Waals surface area contributed by atoms with Crippen LogP contribution in [0.4, 0.5) is 0 Å². The number of allylic oxidation sites excluding steroid dienone is 2. The Kier molecular flexibility index (Phi) is 1.54. The van der Waals surface area contributed by atoms with Crippen LogP contribution in [0.25, 0.3) is 0 Å². The Morgan fingerprint density at radius 2 is 2.10 bits per heavy atom. The van der Waals surface area contributed by atoms with Gasteiger partial charge in [0, 0.05) is 0 Å². The second-order valence-corrected chi connectivity index (χ2v) is 2.46. The SMILES string of the molecule is CC1C(O)=CC=CC1(O)O. The lowest BCUT2D eigenvalue weighted by Crippen LogP contribution is -2.36. The average molecular weight is 142 g/mol. The Morgan fingerprint density at radius 3 is 2.50 bits per heavy atom. The summed E-state index contributed by atoms with van der Waals surface area (Å²) in [6, 6.07) is 0. The lowest BCUT2D eigenvalue weighted by Gasteiger charge is -2.26. The third-order valence-electron chi connectivity index (χ3n) is 1.69. The second-order valence-electron chi connectivity index (χ2n) is 2.46. The molecule has 0 amide bonds. The van der Waals surface area contributed by atoms with E-state index >= 15 is 0 Å². The van der Waals surface area contributed by atoms with Gasteiger partial charge in [-0.25, -0.2) is 0 Å². The summed E-state index contributed by atoms with van der Waals surface area (Å²) in [6.45, 7) is 1.54. The molecule has 0 aromatic carbocycles. The Morgan fingerprint density at radius 1 is 1.50 bits per heavy atom. The summed E-state index contributed by atoms with van der Waals surface area (Å²) in [5.74, 6) is -2.54. The van der Waals surface area contributed by atoms with Crippen molar-refractivity contribution in [3.63, 3.8) is 0 Å². The van der Waals surface area contributed by atoms with Gasteiger partial charge in [0.05, 0.1) is 5.92 Å². The van der Waals surface area contributed by atoms with E-state index < -0.39 is 11.7 Å². The third-order valence-corrected chi connectivity index (χ3v) is 1.69. The maximum atomic E-state index is 9.08. The first-order valence-corrected chi connectivity index (χ1v) is 3.07. The monoisotopic (exact) mass is 142 g/mol. The number of aliphatic hydroxyl groups is 3. The molecule has 10 heavy (non-hydrogen) atoms. The Balaban J connectivity index is 2.89. The molecular formula is C7H10O3. The van der Waals surface area contributed by atoms with Gasteiger partial charge in [-0.3, -0.25) is 0 Å². The molecule has 1 unspecified atom stereocenters. The maximum absolute atomic E-state index is 9.08. The minimum Gasteiger partial charge on any atom is -0.512 e. The molecule has 0 spiro atoms. The molecule has 1 atom stereocenters. The molecule has 1 aliphatic rings. The zero-order valence-electron chi connectivity index (χ0n) is 5.65. The van der Waals surface area contributed by atoms with Crippen molar-refractivity contribution in [3.05, 3.63) is 24.0 Å². The van der Waals surface area contributed by atoms with Crippen LogP contribution in [-0.4, -0.2) is 21.1 Å². The van der Waals surface area contributed by atoms with Crippen LogP contribution in [0.3, 0.4) is 0 Å². The van der Waals surface area contributed by atoms with E-state index in [0.717, 1.165) is 0 Å². The van der Waals surface area contributed by atoms with Crippen LogP contribution >= 0.6 is 0 Å². The van der Waals surface area contributed by atoms with Crippen molar-refractivity contribution in [3.8, 4) is 0 Å². The van der Waals surface area contributed by atoms with Crippen molar-refractivity contribution in [1.82, 2.24) is 0 Å². The first-order chi connectivity index (χ1) is 4.54. The molecule has 0 bridgehead atoms. The lowest BCUT2D eigenvalue weighted by molar-refractivity contribution is -0.153. The van der Waals surface area contributed by atoms with Gasteiger partial charge < -0.3 is 15.3 Å². The summed E-state index contributed by atoms with van der Waals surface area (Å²) in [6.07, 6.45) is 4.09. The quantitative estimate of drug-likeness (QED) is 0.427. The summed E-state index contributed by atoms with van der Waals surface area (Å²) >= 11 is 0. The van der Waals surface area contributed by atoms with E-state index in [1.165, 1.54) is 25.2 Å². The second kappa shape index (κ2) is 2.11. The van der Waals surface area contributed by atoms with Crippen LogP contribution in [0.5, 0.6) is 0 Å². The number of hydrogen-bond donors (Lipinski definition) is 3. The predicted molar refractivity (Wildman–Crippen MR) is 36.2 cm³/mol. The molecule has 1 aliphatic carbocycles. The van der Waals surface area contributed by atoms with Crippen molar-refractivity contribution >= 4 is 0 Å². The fourth-order valence-corrected chi connectivity index (χ4v) is 0.795. The highest BCUT2D eigenvalue weighted by atomic mass is 16.5. The molecule has 0 aromatic rings. The Labute approximate surface area is 58.9 Å². The average Bonchev–Trinajstić information content (AvgIpc) is 1.83. The molecule has 0 aromatic heterocycles. The molecule has 0 fully saturated rings. The van der Waals surface area contributed by atoms with E-state index in [1.807, 2.05) is 0 Å². The van der Waals surface area contributed by atoms with Crippen LogP contribution in [0, 0.1) is 5.92 Å². The smallest absolute Gasteiger partial charge is 0.192 e. The van der Waals surface area contributed by atoms with E-state index in [2.05, 4.69) is 0 Å². The van der Waals surface area contributed by atoms with Gasteiger partial charge in [-0.2, -0.15) is 0 Å². The van der Waals surface area contributed by atoms with Crippen molar-refractivity contribution in [2.45, 2.75) is 12.7 Å². The van der Waals surface area contributed by atoms with Gasteiger partial charge in [-0.15, -0.1) is 0 Å². The normalized spacial score (nSPS) is 29.9. The van der Waals surface area contributed by atoms with Crippen molar-refractivity contribution in [1.29, 1.82) is 0 Å². The molecule has 1 rings (SSSR count). The minimum absolute atomic E-state index is 0.00694. The van der Waals surface area contributed by atoms with Gasteiger partial charge in [-0.1, -0.05) is 6.08 Å². The Hall–Kier alpha value is -0.800. The zero-order valence-corrected chi connectivity index (χ0v) is 5.65. The van der Waals surface area contributed by atoms with Gasteiger partial charge >= 0.3 is 0 Å². The van der Waals surface area contributed by atoms with E-state index in [1.54, 1.807) is 0 Å². The highest BCUT2D eigenvalue weighted by molar-refractivity contribution is 5.20. The zero-order chi connectivity index (χ0) is 7.78. The maximum Gasteiger partial charge on any atom is 0.192 e. The summed E-state index contributed by atoms with van der Waals surface area (Å²) in [7, 11) is 0. The topological polar surface area (TPSA) is 60.7 Å². The lowest BCUT2D eigenvalue weighted by atomic mass is 9.94. The molecule has 0 saturated heterocycles. The van der Waals surface area contributed by atoms with E-state index in [-0.39, 0.29) is 5.76 Å². The molecule has 56 valence electrons. The highest BCUT2D eigenvalue weighted by Crippen LogP contribution is 2.25. The molecule has 3 nitrogen and oxygen atoms in total. The molecule has 0 heterocycles. The summed E-state index contributed by atoms with van der Waals surface area (Å²) < 4.78 is 0. The summed E-state index contributed by atoms with van der Waals surface area (Å²) in [4.78, 5) is 0. The first kappa shape index (κ1) is 7.31.